The largest absolute Gasteiger partial charge is 0.356 e. The van der Waals surface area contributed by atoms with Crippen LogP contribution in [0.1, 0.15) is 25.0 Å². The first-order valence-electron chi connectivity index (χ1n) is 8.27. The first-order valence-corrected chi connectivity index (χ1v) is 8.27. The van der Waals surface area contributed by atoms with E-state index < -0.39 is 0 Å². The summed E-state index contributed by atoms with van der Waals surface area (Å²) in [6.07, 6.45) is 3.97. The number of aromatic nitrogens is 1. The fourth-order valence-corrected chi connectivity index (χ4v) is 3.88. The number of rotatable bonds is 3. The zero-order chi connectivity index (χ0) is 14.8. The van der Waals surface area contributed by atoms with Crippen molar-refractivity contribution < 1.29 is 4.52 Å². The van der Waals surface area contributed by atoms with Crippen molar-refractivity contribution in [1.82, 2.24) is 15.4 Å². The van der Waals surface area contributed by atoms with Crippen LogP contribution in [0, 0.1) is 5.41 Å². The van der Waals surface area contributed by atoms with Crippen molar-refractivity contribution in [3.8, 4) is 11.3 Å². The molecular formula is C18H23N3O. The van der Waals surface area contributed by atoms with Crippen molar-refractivity contribution in [3.63, 3.8) is 0 Å². The molecular weight excluding hydrogens is 274 g/mol. The quantitative estimate of drug-likeness (QED) is 0.946. The van der Waals surface area contributed by atoms with Crippen LogP contribution in [0.4, 0.5) is 0 Å². The van der Waals surface area contributed by atoms with Crippen molar-refractivity contribution in [2.75, 3.05) is 26.2 Å². The van der Waals surface area contributed by atoms with Gasteiger partial charge in [-0.3, -0.25) is 4.90 Å². The number of benzene rings is 1. The van der Waals surface area contributed by atoms with Crippen LogP contribution in [0.15, 0.2) is 40.9 Å². The lowest BCUT2D eigenvalue weighted by atomic mass is 9.78. The first-order chi connectivity index (χ1) is 10.8. The lowest BCUT2D eigenvalue weighted by Crippen LogP contribution is -2.38. The van der Waals surface area contributed by atoms with E-state index in [1.165, 1.54) is 45.4 Å². The van der Waals surface area contributed by atoms with Gasteiger partial charge in [-0.2, -0.15) is 0 Å². The van der Waals surface area contributed by atoms with Crippen LogP contribution in [0.5, 0.6) is 0 Å². The number of piperidine rings is 1. The molecule has 1 spiro atoms. The summed E-state index contributed by atoms with van der Waals surface area (Å²) in [6.45, 7) is 5.66. The molecule has 4 nitrogen and oxygen atoms in total. The van der Waals surface area contributed by atoms with E-state index in [0.29, 0.717) is 5.41 Å². The maximum Gasteiger partial charge on any atom is 0.167 e. The number of nitrogens with one attached hydrogen (secondary N) is 1. The van der Waals surface area contributed by atoms with Gasteiger partial charge in [0.1, 0.15) is 0 Å². The maximum absolute atomic E-state index is 5.51. The van der Waals surface area contributed by atoms with Gasteiger partial charge in [0.15, 0.2) is 5.76 Å². The molecule has 116 valence electrons. The summed E-state index contributed by atoms with van der Waals surface area (Å²) >= 11 is 0. The van der Waals surface area contributed by atoms with Gasteiger partial charge >= 0.3 is 0 Å². The van der Waals surface area contributed by atoms with Crippen LogP contribution in [-0.4, -0.2) is 36.2 Å². The molecule has 0 aliphatic carbocycles. The number of likely N-dealkylation sites (tertiary alicyclic amines) is 1. The van der Waals surface area contributed by atoms with Crippen molar-refractivity contribution in [2.24, 2.45) is 5.41 Å². The second-order valence-corrected chi connectivity index (χ2v) is 6.76. The third kappa shape index (κ3) is 2.81. The lowest BCUT2D eigenvalue weighted by Gasteiger charge is -2.33. The van der Waals surface area contributed by atoms with Crippen molar-refractivity contribution >= 4 is 0 Å². The molecule has 0 saturated carbocycles. The van der Waals surface area contributed by atoms with Crippen LogP contribution >= 0.6 is 0 Å². The summed E-state index contributed by atoms with van der Waals surface area (Å²) in [5, 5.41) is 7.74. The highest BCUT2D eigenvalue weighted by molar-refractivity contribution is 5.56. The van der Waals surface area contributed by atoms with E-state index in [4.69, 9.17) is 4.52 Å². The summed E-state index contributed by atoms with van der Waals surface area (Å²) in [4.78, 5) is 2.54. The summed E-state index contributed by atoms with van der Waals surface area (Å²) in [5.74, 6) is 0.867. The molecule has 0 unspecified atom stereocenters. The van der Waals surface area contributed by atoms with Crippen molar-refractivity contribution in [1.29, 1.82) is 0 Å². The Bertz CT molecular complexity index is 616. The van der Waals surface area contributed by atoms with Crippen LogP contribution in [0.2, 0.25) is 0 Å². The fourth-order valence-electron chi connectivity index (χ4n) is 3.88. The zero-order valence-corrected chi connectivity index (χ0v) is 12.9. The molecule has 2 fully saturated rings. The average Bonchev–Trinajstić information content (AvgIpc) is 3.17. The molecule has 2 aliphatic heterocycles. The van der Waals surface area contributed by atoms with E-state index in [2.05, 4.69) is 33.6 Å². The molecule has 3 heterocycles. The SMILES string of the molecule is c1ccc(-c2cc(CN3CCC4(CCNCC4)C3)no2)cc1. The van der Waals surface area contributed by atoms with Gasteiger partial charge in [-0.05, 0) is 44.3 Å². The smallest absolute Gasteiger partial charge is 0.167 e. The summed E-state index contributed by atoms with van der Waals surface area (Å²) < 4.78 is 5.51. The Labute approximate surface area is 131 Å². The minimum absolute atomic E-state index is 0.553. The zero-order valence-electron chi connectivity index (χ0n) is 12.9. The van der Waals surface area contributed by atoms with E-state index >= 15 is 0 Å². The molecule has 1 N–H and O–H groups in total. The average molecular weight is 297 g/mol. The number of hydrogen-bond acceptors (Lipinski definition) is 4. The Kier molecular flexibility index (Phi) is 3.72. The van der Waals surface area contributed by atoms with Crippen molar-refractivity contribution in [3.05, 3.63) is 42.1 Å². The van der Waals surface area contributed by atoms with Crippen LogP contribution in [0.3, 0.4) is 0 Å². The fraction of sp³-hybridized carbons (Fsp3) is 0.500. The third-order valence-electron chi connectivity index (χ3n) is 5.18. The molecule has 2 aliphatic rings. The van der Waals surface area contributed by atoms with Gasteiger partial charge in [-0.25, -0.2) is 0 Å². The van der Waals surface area contributed by atoms with Gasteiger partial charge in [-0.1, -0.05) is 35.5 Å². The Balaban J connectivity index is 1.41. The summed E-state index contributed by atoms with van der Waals surface area (Å²) in [7, 11) is 0. The normalized spacial score (nSPS) is 21.5. The first kappa shape index (κ1) is 14.0. The molecule has 4 heteroatoms. The lowest BCUT2D eigenvalue weighted by molar-refractivity contribution is 0.192. The van der Waals surface area contributed by atoms with Crippen LogP contribution in [0.25, 0.3) is 11.3 Å². The Morgan fingerprint density at radius 2 is 1.95 bits per heavy atom. The van der Waals surface area contributed by atoms with Crippen molar-refractivity contribution in [2.45, 2.75) is 25.8 Å². The molecule has 22 heavy (non-hydrogen) atoms. The molecule has 1 aromatic heterocycles. The Hall–Kier alpha value is -1.65. The Morgan fingerprint density at radius 1 is 1.14 bits per heavy atom. The van der Waals surface area contributed by atoms with Gasteiger partial charge in [0.05, 0.1) is 5.69 Å². The number of hydrogen-bond donors (Lipinski definition) is 1. The predicted molar refractivity (Wildman–Crippen MR) is 86.4 cm³/mol. The van der Waals surface area contributed by atoms with E-state index in [1.807, 2.05) is 18.2 Å². The maximum atomic E-state index is 5.51. The molecule has 2 saturated heterocycles. The number of nitrogens with zero attached hydrogens (tertiary/aromatic N) is 2. The van der Waals surface area contributed by atoms with Gasteiger partial charge in [0.25, 0.3) is 0 Å². The molecule has 0 radical (unpaired) electrons. The Morgan fingerprint density at radius 3 is 2.77 bits per heavy atom. The molecule has 2 aromatic rings. The molecule has 0 amide bonds. The van der Waals surface area contributed by atoms with Gasteiger partial charge in [-0.15, -0.1) is 0 Å². The van der Waals surface area contributed by atoms with Gasteiger partial charge < -0.3 is 9.84 Å². The van der Waals surface area contributed by atoms with E-state index in [-0.39, 0.29) is 0 Å². The summed E-state index contributed by atoms with van der Waals surface area (Å²) in [5.41, 5.74) is 2.69. The van der Waals surface area contributed by atoms with Crippen LogP contribution < -0.4 is 5.32 Å². The highest BCUT2D eigenvalue weighted by atomic mass is 16.5. The standard InChI is InChI=1S/C18H23N3O/c1-2-4-15(5-3-1)17-12-16(20-22-17)13-21-11-8-18(14-21)6-9-19-10-7-18/h1-5,12,19H,6-11,13-14H2. The minimum Gasteiger partial charge on any atom is -0.356 e. The van der Waals surface area contributed by atoms with Gasteiger partial charge in [0.2, 0.25) is 0 Å². The molecule has 0 bridgehead atoms. The van der Waals surface area contributed by atoms with E-state index in [9.17, 15) is 0 Å². The minimum atomic E-state index is 0.553. The van der Waals surface area contributed by atoms with Crippen LogP contribution in [-0.2, 0) is 6.54 Å². The second-order valence-electron chi connectivity index (χ2n) is 6.76. The monoisotopic (exact) mass is 297 g/mol. The van der Waals surface area contributed by atoms with E-state index in [0.717, 1.165) is 23.6 Å². The predicted octanol–water partition coefficient (Wildman–Crippen LogP) is 2.92. The second kappa shape index (κ2) is 5.86. The highest BCUT2D eigenvalue weighted by Gasteiger charge is 2.38. The van der Waals surface area contributed by atoms with E-state index in [1.54, 1.807) is 0 Å². The molecule has 0 atom stereocenters. The molecule has 4 rings (SSSR count). The summed E-state index contributed by atoms with van der Waals surface area (Å²) in [6, 6.07) is 12.3. The topological polar surface area (TPSA) is 41.3 Å². The third-order valence-corrected chi connectivity index (χ3v) is 5.18. The van der Waals surface area contributed by atoms with Gasteiger partial charge in [0, 0.05) is 24.7 Å². The highest BCUT2D eigenvalue weighted by Crippen LogP contribution is 2.39. The molecule has 1 aromatic carbocycles.